The third kappa shape index (κ3) is 3.18. The number of nitrogens with one attached hydrogen (secondary N) is 1. The molecule has 0 radical (unpaired) electrons. The monoisotopic (exact) mass is 415 g/mol. The van der Waals surface area contributed by atoms with Gasteiger partial charge < -0.3 is 9.88 Å². The maximum Gasteiger partial charge on any atom is 0.223 e. The molecule has 1 aliphatic heterocycles. The fraction of sp³-hybridized carbons (Fsp3) is 0.556. The minimum atomic E-state index is 0.217. The van der Waals surface area contributed by atoms with E-state index in [1.165, 1.54) is 43.2 Å². The quantitative estimate of drug-likeness (QED) is 0.753. The Morgan fingerprint density at radius 3 is 2.71 bits per heavy atom. The number of imidazole rings is 1. The smallest absolute Gasteiger partial charge is 0.223 e. The van der Waals surface area contributed by atoms with Crippen LogP contribution in [0.2, 0.25) is 0 Å². The Bertz CT molecular complexity index is 1010. The van der Waals surface area contributed by atoms with E-state index in [0.29, 0.717) is 30.3 Å². The topological polar surface area (TPSA) is 46.9 Å². The van der Waals surface area contributed by atoms with Gasteiger partial charge in [-0.15, -0.1) is 0 Å². The minimum absolute atomic E-state index is 0.217. The van der Waals surface area contributed by atoms with E-state index >= 15 is 0 Å². The van der Waals surface area contributed by atoms with Gasteiger partial charge in [0, 0.05) is 36.8 Å². The number of aryl methyl sites for hydroxylation is 1. The van der Waals surface area contributed by atoms with Gasteiger partial charge in [0.15, 0.2) is 0 Å². The van der Waals surface area contributed by atoms with Gasteiger partial charge in [-0.25, -0.2) is 4.98 Å². The fourth-order valence-electron chi connectivity index (χ4n) is 7.68. The van der Waals surface area contributed by atoms with Crippen LogP contribution in [0.5, 0.6) is 0 Å². The summed E-state index contributed by atoms with van der Waals surface area (Å²) in [7, 11) is 0. The summed E-state index contributed by atoms with van der Waals surface area (Å²) in [6.45, 7) is 2.78. The zero-order valence-electron chi connectivity index (χ0n) is 18.4. The number of allylic oxidation sites excluding steroid dienone is 1. The summed E-state index contributed by atoms with van der Waals surface area (Å²) in [5.74, 6) is 5.19. The molecule has 3 saturated carbocycles. The number of nitrogens with zero attached hydrogens (tertiary/aromatic N) is 2. The maximum atomic E-state index is 13.1. The zero-order chi connectivity index (χ0) is 20.9. The predicted octanol–water partition coefficient (Wildman–Crippen LogP) is 5.15. The number of hydrogen-bond acceptors (Lipinski definition) is 2. The normalized spacial score (nSPS) is 35.6. The molecule has 1 aromatic carbocycles. The van der Waals surface area contributed by atoms with E-state index in [-0.39, 0.29) is 5.92 Å². The molecule has 6 rings (SSSR count). The molecule has 4 nitrogen and oxygen atoms in total. The van der Waals surface area contributed by atoms with Gasteiger partial charge in [0.25, 0.3) is 0 Å². The highest BCUT2D eigenvalue weighted by Crippen LogP contribution is 2.58. The van der Waals surface area contributed by atoms with Crippen LogP contribution in [-0.4, -0.2) is 15.5 Å². The van der Waals surface area contributed by atoms with Crippen LogP contribution in [0.25, 0.3) is 6.08 Å². The van der Waals surface area contributed by atoms with E-state index in [4.69, 9.17) is 0 Å². The molecule has 0 spiro atoms. The van der Waals surface area contributed by atoms with Crippen molar-refractivity contribution in [1.82, 2.24) is 14.9 Å². The largest absolute Gasteiger partial charge is 0.352 e. The average molecular weight is 416 g/mol. The second-order valence-electron chi connectivity index (χ2n) is 10.3. The van der Waals surface area contributed by atoms with Gasteiger partial charge in [0.05, 0.1) is 0 Å². The van der Waals surface area contributed by atoms with Crippen molar-refractivity contribution in [3.63, 3.8) is 0 Å². The van der Waals surface area contributed by atoms with Gasteiger partial charge in [0.2, 0.25) is 5.91 Å². The van der Waals surface area contributed by atoms with Crippen LogP contribution in [0.1, 0.15) is 61.5 Å². The molecule has 31 heavy (non-hydrogen) atoms. The van der Waals surface area contributed by atoms with Gasteiger partial charge >= 0.3 is 0 Å². The highest BCUT2D eigenvalue weighted by molar-refractivity contribution is 5.79. The SMILES string of the molecule is Cc1ccccc1CNC(=O)[C@@H]1CC[C@H]2[C@@H]3CCC4[C@H](C=Cc5nccn54)[C@H]3CC[C@@H]21. The van der Waals surface area contributed by atoms with E-state index in [2.05, 4.69) is 64.4 Å². The number of rotatable bonds is 3. The van der Waals surface area contributed by atoms with Crippen LogP contribution in [0.3, 0.4) is 0 Å². The van der Waals surface area contributed by atoms with Gasteiger partial charge in [0.1, 0.15) is 5.82 Å². The standard InChI is InChI=1S/C27H33N3O/c1-17-4-2-3-5-18(17)16-29-27(31)24-9-8-19-20-10-12-25-23(21(20)6-7-22(19)24)11-13-26-28-14-15-30(25)26/h2-5,11,13-15,19-25H,6-10,12,16H2,1H3,(H,29,31)/t19-,20-,21-,22-,23+,24+,25?/m0/s1. The number of amides is 1. The summed E-state index contributed by atoms with van der Waals surface area (Å²) < 4.78 is 2.42. The van der Waals surface area contributed by atoms with E-state index in [1.54, 1.807) is 0 Å². The van der Waals surface area contributed by atoms with Crippen molar-refractivity contribution in [2.75, 3.05) is 0 Å². The van der Waals surface area contributed by atoms with Gasteiger partial charge in [-0.3, -0.25) is 4.79 Å². The number of benzene rings is 1. The second kappa shape index (κ2) is 7.65. The molecule has 1 aromatic heterocycles. The van der Waals surface area contributed by atoms with Gasteiger partial charge in [-0.2, -0.15) is 0 Å². The lowest BCUT2D eigenvalue weighted by molar-refractivity contribution is -0.127. The Labute approximate surface area is 185 Å². The highest BCUT2D eigenvalue weighted by atomic mass is 16.1. The first-order chi connectivity index (χ1) is 15.2. The summed E-state index contributed by atoms with van der Waals surface area (Å²) in [6.07, 6.45) is 16.2. The number of carbonyl (C=O) groups is 1. The van der Waals surface area contributed by atoms with Crippen LogP contribution in [-0.2, 0) is 11.3 Å². The Balaban J connectivity index is 1.14. The van der Waals surface area contributed by atoms with Crippen molar-refractivity contribution in [2.45, 2.75) is 58.0 Å². The first-order valence-electron chi connectivity index (χ1n) is 12.2. The lowest BCUT2D eigenvalue weighted by atomic mass is 9.56. The summed E-state index contributed by atoms with van der Waals surface area (Å²) in [5, 5.41) is 3.28. The van der Waals surface area contributed by atoms with Crippen LogP contribution in [0.4, 0.5) is 0 Å². The maximum absolute atomic E-state index is 13.1. The van der Waals surface area contributed by atoms with E-state index in [9.17, 15) is 4.79 Å². The molecular formula is C27H33N3O. The Kier molecular flexibility index (Phi) is 4.77. The lowest BCUT2D eigenvalue weighted by Crippen LogP contribution is -2.45. The summed E-state index contributed by atoms with van der Waals surface area (Å²) in [4.78, 5) is 17.7. The molecule has 3 aliphatic carbocycles. The van der Waals surface area contributed by atoms with Gasteiger partial charge in [-0.05, 0) is 86.3 Å². The number of carbonyl (C=O) groups excluding carboxylic acids is 1. The molecule has 2 aromatic rings. The third-order valence-electron chi connectivity index (χ3n) is 9.12. The molecule has 0 bridgehead atoms. The van der Waals surface area contributed by atoms with Crippen LogP contribution in [0, 0.1) is 42.4 Å². The van der Waals surface area contributed by atoms with Crippen molar-refractivity contribution in [2.24, 2.45) is 35.5 Å². The third-order valence-corrected chi connectivity index (χ3v) is 9.12. The van der Waals surface area contributed by atoms with Crippen molar-refractivity contribution in [3.8, 4) is 0 Å². The highest BCUT2D eigenvalue weighted by Gasteiger charge is 2.52. The molecule has 0 saturated heterocycles. The molecule has 1 N–H and O–H groups in total. The number of fused-ring (bicyclic) bond motifs is 7. The number of aromatic nitrogens is 2. The molecule has 162 valence electrons. The van der Waals surface area contributed by atoms with E-state index in [1.807, 2.05) is 6.20 Å². The summed E-state index contributed by atoms with van der Waals surface area (Å²) in [6, 6.07) is 8.96. The lowest BCUT2D eigenvalue weighted by Gasteiger charge is -2.51. The van der Waals surface area contributed by atoms with Gasteiger partial charge in [-0.1, -0.05) is 30.3 Å². The molecule has 4 heteroatoms. The fourth-order valence-corrected chi connectivity index (χ4v) is 7.68. The predicted molar refractivity (Wildman–Crippen MR) is 122 cm³/mol. The second-order valence-corrected chi connectivity index (χ2v) is 10.3. The molecular weight excluding hydrogens is 382 g/mol. The van der Waals surface area contributed by atoms with Crippen LogP contribution < -0.4 is 5.32 Å². The molecule has 1 amide bonds. The zero-order valence-corrected chi connectivity index (χ0v) is 18.4. The molecule has 3 fully saturated rings. The van der Waals surface area contributed by atoms with Crippen molar-refractivity contribution < 1.29 is 4.79 Å². The molecule has 1 unspecified atom stereocenters. The van der Waals surface area contributed by atoms with Crippen molar-refractivity contribution >= 4 is 12.0 Å². The average Bonchev–Trinajstić information content (AvgIpc) is 3.45. The molecule has 2 heterocycles. The first-order valence-corrected chi connectivity index (χ1v) is 12.2. The van der Waals surface area contributed by atoms with E-state index in [0.717, 1.165) is 30.0 Å². The minimum Gasteiger partial charge on any atom is -0.352 e. The number of hydrogen-bond donors (Lipinski definition) is 1. The van der Waals surface area contributed by atoms with Crippen molar-refractivity contribution in [3.05, 3.63) is 59.7 Å². The van der Waals surface area contributed by atoms with Crippen LogP contribution >= 0.6 is 0 Å². The Morgan fingerprint density at radius 1 is 1.03 bits per heavy atom. The Hall–Kier alpha value is -2.36. The van der Waals surface area contributed by atoms with Crippen LogP contribution in [0.15, 0.2) is 42.7 Å². The Morgan fingerprint density at radius 2 is 1.81 bits per heavy atom. The van der Waals surface area contributed by atoms with Crippen molar-refractivity contribution in [1.29, 1.82) is 0 Å². The summed E-state index contributed by atoms with van der Waals surface area (Å²) >= 11 is 0. The van der Waals surface area contributed by atoms with E-state index < -0.39 is 0 Å². The molecule has 4 aliphatic rings. The molecule has 7 atom stereocenters. The summed E-state index contributed by atoms with van der Waals surface area (Å²) in [5.41, 5.74) is 2.49. The first kappa shape index (κ1) is 19.3.